The van der Waals surface area contributed by atoms with Gasteiger partial charge in [0.2, 0.25) is 0 Å². The van der Waals surface area contributed by atoms with Crippen LogP contribution in [-0.4, -0.2) is 17.1 Å². The van der Waals surface area contributed by atoms with Gasteiger partial charge >= 0.3 is 0 Å². The molecule has 14 heavy (non-hydrogen) atoms. The smallest absolute Gasteiger partial charge is 0.265 e. The molecule has 0 aliphatic rings. The van der Waals surface area contributed by atoms with Gasteiger partial charge in [-0.25, -0.2) is 0 Å². The Morgan fingerprint density at radius 1 is 1.43 bits per heavy atom. The first-order valence-electron chi connectivity index (χ1n) is 4.17. The molecule has 2 rings (SSSR count). The van der Waals surface area contributed by atoms with Gasteiger partial charge < -0.3 is 10.7 Å². The van der Waals surface area contributed by atoms with Crippen molar-refractivity contribution in [2.45, 2.75) is 4.90 Å². The summed E-state index contributed by atoms with van der Waals surface area (Å²) >= 11 is 1.67. The van der Waals surface area contributed by atoms with Gasteiger partial charge in [-0.1, -0.05) is 6.07 Å². The number of H-pyrrole nitrogens is 1. The molecule has 0 spiro atoms. The lowest BCUT2D eigenvalue weighted by Gasteiger charge is -1.94. The third-order valence-electron chi connectivity index (χ3n) is 2.10. The van der Waals surface area contributed by atoms with Crippen molar-refractivity contribution in [2.24, 2.45) is 5.73 Å². The highest BCUT2D eigenvalue weighted by Gasteiger charge is 2.05. The Morgan fingerprint density at radius 2 is 2.21 bits per heavy atom. The highest BCUT2D eigenvalue weighted by molar-refractivity contribution is 7.98. The van der Waals surface area contributed by atoms with Crippen LogP contribution in [0.4, 0.5) is 0 Å². The first-order valence-corrected chi connectivity index (χ1v) is 5.40. The molecule has 0 fully saturated rings. The number of aromatic amines is 1. The number of fused-ring (bicyclic) bond motifs is 1. The lowest BCUT2D eigenvalue weighted by molar-refractivity contribution is 0.0996. The Balaban J connectivity index is 2.60. The molecule has 0 radical (unpaired) electrons. The zero-order chi connectivity index (χ0) is 10.1. The average molecular weight is 206 g/mol. The number of thioether (sulfide) groups is 1. The number of carbonyl (C=O) groups is 1. The van der Waals surface area contributed by atoms with Crippen LogP contribution in [0, 0.1) is 0 Å². The Labute approximate surface area is 85.7 Å². The van der Waals surface area contributed by atoms with E-state index >= 15 is 0 Å². The fourth-order valence-electron chi connectivity index (χ4n) is 1.37. The summed E-state index contributed by atoms with van der Waals surface area (Å²) < 4.78 is 0. The van der Waals surface area contributed by atoms with E-state index in [0.717, 1.165) is 15.8 Å². The fraction of sp³-hybridized carbons (Fsp3) is 0.100. The number of aromatic nitrogens is 1. The van der Waals surface area contributed by atoms with Crippen LogP contribution >= 0.6 is 11.8 Å². The molecule has 1 heterocycles. The minimum absolute atomic E-state index is 0.424. The maximum Gasteiger partial charge on any atom is 0.265 e. The Bertz CT molecular complexity index is 490. The van der Waals surface area contributed by atoms with E-state index in [9.17, 15) is 4.79 Å². The summed E-state index contributed by atoms with van der Waals surface area (Å²) in [6.45, 7) is 0. The second-order valence-corrected chi connectivity index (χ2v) is 3.88. The van der Waals surface area contributed by atoms with Gasteiger partial charge in [0.15, 0.2) is 0 Å². The van der Waals surface area contributed by atoms with Crippen molar-refractivity contribution in [3.63, 3.8) is 0 Å². The van der Waals surface area contributed by atoms with Crippen molar-refractivity contribution in [1.82, 2.24) is 4.98 Å². The van der Waals surface area contributed by atoms with E-state index in [4.69, 9.17) is 5.73 Å². The first-order chi connectivity index (χ1) is 6.70. The number of nitrogens with one attached hydrogen (secondary N) is 1. The third kappa shape index (κ3) is 1.48. The van der Waals surface area contributed by atoms with Gasteiger partial charge in [-0.3, -0.25) is 4.79 Å². The lowest BCUT2D eigenvalue weighted by Crippen LogP contribution is -2.10. The van der Waals surface area contributed by atoms with Gasteiger partial charge in [-0.2, -0.15) is 0 Å². The van der Waals surface area contributed by atoms with Crippen LogP contribution in [-0.2, 0) is 0 Å². The van der Waals surface area contributed by atoms with E-state index in [-0.39, 0.29) is 0 Å². The molecule has 0 atom stereocenters. The van der Waals surface area contributed by atoms with E-state index in [2.05, 4.69) is 4.98 Å². The van der Waals surface area contributed by atoms with Gasteiger partial charge in [0, 0.05) is 15.8 Å². The predicted octanol–water partition coefficient (Wildman–Crippen LogP) is 1.99. The van der Waals surface area contributed by atoms with Crippen LogP contribution in [0.25, 0.3) is 10.9 Å². The molecule has 3 N–H and O–H groups in total. The molecule has 2 aromatic rings. The number of benzene rings is 1. The van der Waals surface area contributed by atoms with Crippen molar-refractivity contribution in [3.8, 4) is 0 Å². The number of nitrogens with two attached hydrogens (primary N) is 1. The van der Waals surface area contributed by atoms with E-state index in [1.54, 1.807) is 17.8 Å². The summed E-state index contributed by atoms with van der Waals surface area (Å²) in [5.74, 6) is -0.424. The zero-order valence-corrected chi connectivity index (χ0v) is 8.52. The van der Waals surface area contributed by atoms with Crippen LogP contribution in [0.5, 0.6) is 0 Å². The van der Waals surface area contributed by atoms with E-state index < -0.39 is 5.91 Å². The fourth-order valence-corrected chi connectivity index (χ4v) is 1.81. The van der Waals surface area contributed by atoms with Crippen LogP contribution in [0.3, 0.4) is 0 Å². The second kappa shape index (κ2) is 3.38. The number of rotatable bonds is 2. The monoisotopic (exact) mass is 206 g/mol. The van der Waals surface area contributed by atoms with Crippen molar-refractivity contribution in [1.29, 1.82) is 0 Å². The summed E-state index contributed by atoms with van der Waals surface area (Å²) in [4.78, 5) is 15.1. The lowest BCUT2D eigenvalue weighted by atomic mass is 10.2. The van der Waals surface area contributed by atoms with Crippen molar-refractivity contribution in [3.05, 3.63) is 30.0 Å². The molecule has 0 saturated heterocycles. The van der Waals surface area contributed by atoms with Crippen LogP contribution < -0.4 is 5.73 Å². The normalized spacial score (nSPS) is 10.6. The minimum Gasteiger partial charge on any atom is -0.364 e. The molecule has 72 valence electrons. The number of carbonyl (C=O) groups excluding carboxylic acids is 1. The highest BCUT2D eigenvalue weighted by Crippen LogP contribution is 2.22. The van der Waals surface area contributed by atoms with E-state index in [0.29, 0.717) is 5.69 Å². The minimum atomic E-state index is -0.424. The maximum absolute atomic E-state index is 10.9. The molecule has 1 amide bonds. The first kappa shape index (κ1) is 9.15. The number of primary amides is 1. The molecule has 0 saturated carbocycles. The summed E-state index contributed by atoms with van der Waals surface area (Å²) in [6, 6.07) is 7.77. The predicted molar refractivity (Wildman–Crippen MR) is 58.6 cm³/mol. The van der Waals surface area contributed by atoms with Gasteiger partial charge in [0.05, 0.1) is 0 Å². The van der Waals surface area contributed by atoms with Gasteiger partial charge in [-0.05, 0) is 24.5 Å². The Hall–Kier alpha value is -1.42. The summed E-state index contributed by atoms with van der Waals surface area (Å²) in [5.41, 5.74) is 6.58. The van der Waals surface area contributed by atoms with Gasteiger partial charge in [0.1, 0.15) is 5.69 Å². The summed E-state index contributed by atoms with van der Waals surface area (Å²) in [7, 11) is 0. The second-order valence-electron chi connectivity index (χ2n) is 3.00. The number of hydrogen-bond acceptors (Lipinski definition) is 2. The molecule has 4 heteroatoms. The van der Waals surface area contributed by atoms with Crippen molar-refractivity contribution < 1.29 is 4.79 Å². The SMILES string of the molecule is CSc1ccc2cc(C(N)=O)[nH]c2c1. The number of amides is 1. The Kier molecular flexibility index (Phi) is 2.21. The van der Waals surface area contributed by atoms with Crippen molar-refractivity contribution >= 4 is 28.6 Å². The largest absolute Gasteiger partial charge is 0.364 e. The maximum atomic E-state index is 10.9. The van der Waals surface area contributed by atoms with Gasteiger partial charge in [0.25, 0.3) is 5.91 Å². The number of hydrogen-bond donors (Lipinski definition) is 2. The quantitative estimate of drug-likeness (QED) is 0.738. The molecule has 1 aromatic carbocycles. The van der Waals surface area contributed by atoms with E-state index in [1.807, 2.05) is 24.5 Å². The molecule has 0 unspecified atom stereocenters. The average Bonchev–Trinajstić information content (AvgIpc) is 2.59. The van der Waals surface area contributed by atoms with Crippen LogP contribution in [0.15, 0.2) is 29.2 Å². The summed E-state index contributed by atoms with van der Waals surface area (Å²) in [6.07, 6.45) is 2.01. The molecular weight excluding hydrogens is 196 g/mol. The molecule has 0 aliphatic heterocycles. The molecule has 0 aliphatic carbocycles. The molecule has 3 nitrogen and oxygen atoms in total. The summed E-state index contributed by atoms with van der Waals surface area (Å²) in [5, 5.41) is 1.01. The standard InChI is InChI=1S/C10H10N2OS/c1-14-7-3-2-6-4-9(10(11)13)12-8(6)5-7/h2-5,12H,1H3,(H2,11,13). The van der Waals surface area contributed by atoms with Crippen LogP contribution in [0.1, 0.15) is 10.5 Å². The van der Waals surface area contributed by atoms with E-state index in [1.165, 1.54) is 0 Å². The van der Waals surface area contributed by atoms with Gasteiger partial charge in [-0.15, -0.1) is 11.8 Å². The Morgan fingerprint density at radius 3 is 2.86 bits per heavy atom. The van der Waals surface area contributed by atoms with Crippen molar-refractivity contribution in [2.75, 3.05) is 6.26 Å². The molecular formula is C10H10N2OS. The molecule has 1 aromatic heterocycles. The highest BCUT2D eigenvalue weighted by atomic mass is 32.2. The third-order valence-corrected chi connectivity index (χ3v) is 2.82. The zero-order valence-electron chi connectivity index (χ0n) is 7.70. The van der Waals surface area contributed by atoms with Crippen LogP contribution in [0.2, 0.25) is 0 Å². The molecule has 0 bridgehead atoms. The topological polar surface area (TPSA) is 58.9 Å².